The number of anilines is 3. The minimum Gasteiger partial charge on any atom is -0.475 e. The van der Waals surface area contributed by atoms with Gasteiger partial charge in [-0.1, -0.05) is 38.1 Å². The van der Waals surface area contributed by atoms with E-state index >= 15 is 0 Å². The second-order valence-corrected chi connectivity index (χ2v) is 12.0. The van der Waals surface area contributed by atoms with Crippen LogP contribution < -0.4 is 33.0 Å². The van der Waals surface area contributed by atoms with E-state index in [1.165, 1.54) is 10.8 Å². The third-order valence-corrected chi connectivity index (χ3v) is 6.50. The zero-order valence-electron chi connectivity index (χ0n) is 29.4. The van der Waals surface area contributed by atoms with Crippen LogP contribution in [0.1, 0.15) is 51.7 Å². The molecule has 0 fully saturated rings. The molecule has 0 spiro atoms. The van der Waals surface area contributed by atoms with Gasteiger partial charge in [0.25, 0.3) is 5.56 Å². The number of rotatable bonds is 12. The summed E-state index contributed by atoms with van der Waals surface area (Å²) in [7, 11) is 0. The fourth-order valence-corrected chi connectivity index (χ4v) is 3.96. The monoisotopic (exact) mass is 774 g/mol. The molecule has 0 radical (unpaired) electrons. The molecule has 15 nitrogen and oxygen atoms in total. The highest BCUT2D eigenvalue weighted by Gasteiger charge is 2.38. The second kappa shape index (κ2) is 20.2. The van der Waals surface area contributed by atoms with Gasteiger partial charge in [0, 0.05) is 41.5 Å². The number of nitrogens with two attached hydrogens (primary N) is 2. The van der Waals surface area contributed by atoms with E-state index in [2.05, 4.69) is 34.8 Å². The van der Waals surface area contributed by atoms with Crippen LogP contribution in [0.25, 0.3) is 11.3 Å². The number of halogens is 6. The molecule has 0 saturated heterocycles. The largest absolute Gasteiger partial charge is 0.490 e. The van der Waals surface area contributed by atoms with Gasteiger partial charge < -0.3 is 37.6 Å². The van der Waals surface area contributed by atoms with E-state index in [9.17, 15) is 40.7 Å². The molecule has 0 aliphatic carbocycles. The first-order valence-electron chi connectivity index (χ1n) is 15.7. The number of benzene rings is 2. The van der Waals surface area contributed by atoms with Gasteiger partial charge >= 0.3 is 24.3 Å². The van der Waals surface area contributed by atoms with Crippen LogP contribution in [0.2, 0.25) is 0 Å². The summed E-state index contributed by atoms with van der Waals surface area (Å²) in [6, 6.07) is 11.9. The molecule has 54 heavy (non-hydrogen) atoms. The summed E-state index contributed by atoms with van der Waals surface area (Å²) in [5.41, 5.74) is 14.4. The topological polar surface area (TPSA) is 256 Å². The minimum absolute atomic E-state index is 0.0363. The highest BCUT2D eigenvalue weighted by molar-refractivity contribution is 5.95. The molecule has 1 heterocycles. The van der Waals surface area contributed by atoms with Gasteiger partial charge in [-0.25, -0.2) is 14.6 Å². The highest BCUT2D eigenvalue weighted by Crippen LogP contribution is 2.26. The Balaban J connectivity index is 0.000000879. The first-order chi connectivity index (χ1) is 24.8. The number of carboxylic acids is 2. The van der Waals surface area contributed by atoms with Gasteiger partial charge in [0.2, 0.25) is 11.8 Å². The molecule has 3 aromatic rings. The van der Waals surface area contributed by atoms with E-state index in [1.807, 2.05) is 13.8 Å². The maximum atomic E-state index is 13.4. The van der Waals surface area contributed by atoms with E-state index < -0.39 is 29.9 Å². The minimum atomic E-state index is -5.08. The Bertz CT molecular complexity index is 1820. The number of carbonyl (C=O) groups is 4. The summed E-state index contributed by atoms with van der Waals surface area (Å²) >= 11 is 0. The Kier molecular flexibility index (Phi) is 17.1. The highest BCUT2D eigenvalue weighted by atomic mass is 19.4. The van der Waals surface area contributed by atoms with Crippen molar-refractivity contribution >= 4 is 46.8 Å². The number of carbonyl (C=O) groups excluding carboxylic acids is 2. The number of nitrogen functional groups attached to an aromatic ring is 2. The third-order valence-electron chi connectivity index (χ3n) is 6.50. The van der Waals surface area contributed by atoms with Crippen LogP contribution in [0.3, 0.4) is 0 Å². The van der Waals surface area contributed by atoms with Crippen molar-refractivity contribution in [3.05, 3.63) is 70.1 Å². The van der Waals surface area contributed by atoms with Crippen LogP contribution in [0.4, 0.5) is 43.5 Å². The lowest BCUT2D eigenvalue weighted by Crippen LogP contribution is -2.35. The number of carboxylic acid groups (broad SMARTS) is 2. The molecular formula is C33H40F6N8O7. The zero-order chi connectivity index (χ0) is 41.6. The average molecular weight is 775 g/mol. The van der Waals surface area contributed by atoms with Gasteiger partial charge in [0.15, 0.2) is 5.82 Å². The number of amides is 2. The first-order valence-corrected chi connectivity index (χ1v) is 15.7. The van der Waals surface area contributed by atoms with Crippen molar-refractivity contribution in [1.29, 1.82) is 5.41 Å². The van der Waals surface area contributed by atoms with Crippen molar-refractivity contribution in [3.63, 3.8) is 0 Å². The van der Waals surface area contributed by atoms with E-state index in [4.69, 9.17) is 36.7 Å². The van der Waals surface area contributed by atoms with Crippen molar-refractivity contribution in [2.24, 2.45) is 11.7 Å². The molecule has 0 bridgehead atoms. The lowest BCUT2D eigenvalue weighted by Gasteiger charge is -2.17. The molecule has 0 atom stereocenters. The van der Waals surface area contributed by atoms with E-state index in [1.54, 1.807) is 42.5 Å². The quantitative estimate of drug-likeness (QED) is 0.0548. The fourth-order valence-electron chi connectivity index (χ4n) is 3.96. The van der Waals surface area contributed by atoms with Crippen LogP contribution in [0, 0.1) is 11.3 Å². The Morgan fingerprint density at radius 2 is 1.44 bits per heavy atom. The number of alkyl halides is 6. The number of hydrogen-bond donors (Lipinski definition) is 8. The molecule has 2 amide bonds. The van der Waals surface area contributed by atoms with Gasteiger partial charge in [0.1, 0.15) is 12.4 Å². The molecule has 1 aromatic heterocycles. The fraction of sp³-hybridized carbons (Fsp3) is 0.364. The van der Waals surface area contributed by atoms with E-state index in [0.717, 1.165) is 12.0 Å². The molecule has 21 heteroatoms. The SMILES string of the molecule is CC(C)CCC(=O)Nc1cc(N)cc(-c2cnc(NC(C)C)c(=O)n2CC(=O)NCc2ccc(C(=N)N)cc2)c1.O=C(O)C(F)(F)F.O=C(O)C(F)(F)F. The normalized spacial score (nSPS) is 11.0. The number of hydrogen-bond acceptors (Lipinski definition) is 9. The molecule has 0 aliphatic rings. The summed E-state index contributed by atoms with van der Waals surface area (Å²) in [4.78, 5) is 61.0. The number of nitrogens with one attached hydrogen (secondary N) is 4. The lowest BCUT2D eigenvalue weighted by molar-refractivity contribution is -0.193. The number of nitrogens with zero attached hydrogens (tertiary/aromatic N) is 2. The van der Waals surface area contributed by atoms with Crippen molar-refractivity contribution in [3.8, 4) is 11.3 Å². The lowest BCUT2D eigenvalue weighted by atomic mass is 10.1. The van der Waals surface area contributed by atoms with Crippen LogP contribution in [0.15, 0.2) is 53.5 Å². The average Bonchev–Trinajstić information content (AvgIpc) is 3.04. The second-order valence-electron chi connectivity index (χ2n) is 12.0. The standard InChI is InChI=1S/C29H38N8O3.2C2HF3O2/c1-17(2)5-10-25(38)36-23-12-21(11-22(30)13-23)24-15-34-28(35-18(3)4)29(40)37(24)16-26(39)33-14-19-6-8-20(9-7-19)27(31)32;2*3-2(4,5)1(6)7/h6-9,11-13,15,17-18H,5,10,14,16,30H2,1-4H3,(H3,31,32)(H,33,39)(H,34,35)(H,36,38);2*(H,6,7). The number of aliphatic carboxylic acids is 2. The molecule has 2 aromatic carbocycles. The molecule has 3 rings (SSSR count). The van der Waals surface area contributed by atoms with Crippen molar-refractivity contribution < 1.29 is 55.7 Å². The predicted molar refractivity (Wildman–Crippen MR) is 186 cm³/mol. The molecule has 296 valence electrons. The summed E-state index contributed by atoms with van der Waals surface area (Å²) in [6.45, 7) is 7.84. The third kappa shape index (κ3) is 16.5. The van der Waals surface area contributed by atoms with Gasteiger partial charge in [-0.15, -0.1) is 0 Å². The molecule has 0 aliphatic heterocycles. The Morgan fingerprint density at radius 1 is 0.907 bits per heavy atom. The summed E-state index contributed by atoms with van der Waals surface area (Å²) in [5, 5.41) is 30.5. The number of aromatic nitrogens is 2. The van der Waals surface area contributed by atoms with Crippen molar-refractivity contribution in [2.75, 3.05) is 16.4 Å². The van der Waals surface area contributed by atoms with Crippen LogP contribution in [0.5, 0.6) is 0 Å². The van der Waals surface area contributed by atoms with Gasteiger partial charge in [-0.05, 0) is 49.9 Å². The van der Waals surface area contributed by atoms with E-state index in [-0.39, 0.29) is 42.6 Å². The van der Waals surface area contributed by atoms with Crippen LogP contribution in [-0.2, 0) is 32.3 Å². The molecule has 10 N–H and O–H groups in total. The maximum absolute atomic E-state index is 13.4. The smallest absolute Gasteiger partial charge is 0.475 e. The molecule has 0 saturated carbocycles. The first kappa shape index (κ1) is 45.9. The van der Waals surface area contributed by atoms with Crippen molar-refractivity contribution in [1.82, 2.24) is 14.9 Å². The molecular weight excluding hydrogens is 734 g/mol. The maximum Gasteiger partial charge on any atom is 0.490 e. The van der Waals surface area contributed by atoms with Crippen LogP contribution in [-0.4, -0.2) is 67.7 Å². The Morgan fingerprint density at radius 3 is 1.91 bits per heavy atom. The van der Waals surface area contributed by atoms with Crippen molar-refractivity contribution in [2.45, 2.75) is 72.0 Å². The number of amidine groups is 1. The van der Waals surface area contributed by atoms with E-state index in [0.29, 0.717) is 40.5 Å². The summed E-state index contributed by atoms with van der Waals surface area (Å²) in [5.74, 6) is -5.55. The van der Waals surface area contributed by atoms with Crippen LogP contribution >= 0.6 is 0 Å². The predicted octanol–water partition coefficient (Wildman–Crippen LogP) is 4.55. The Labute approximate surface area is 304 Å². The zero-order valence-corrected chi connectivity index (χ0v) is 29.4. The van der Waals surface area contributed by atoms with Gasteiger partial charge in [-0.3, -0.25) is 24.4 Å². The van der Waals surface area contributed by atoms with Gasteiger partial charge in [0.05, 0.1) is 11.9 Å². The summed E-state index contributed by atoms with van der Waals surface area (Å²) in [6.07, 6.45) is -7.52. The van der Waals surface area contributed by atoms with Gasteiger partial charge in [-0.2, -0.15) is 26.3 Å². The molecule has 0 unspecified atom stereocenters. The Hall–Kier alpha value is -6.15. The summed E-state index contributed by atoms with van der Waals surface area (Å²) < 4.78 is 64.8.